The first-order chi connectivity index (χ1) is 12.6. The molecule has 1 unspecified atom stereocenters. The number of amides is 1. The highest BCUT2D eigenvalue weighted by Gasteiger charge is 2.30. The number of hydrogen-bond acceptors (Lipinski definition) is 7. The summed E-state index contributed by atoms with van der Waals surface area (Å²) in [5, 5.41) is 8.29. The maximum absolute atomic E-state index is 12.8. The molecule has 3 aromatic heterocycles. The van der Waals surface area contributed by atoms with Gasteiger partial charge in [0.1, 0.15) is 0 Å². The van der Waals surface area contributed by atoms with Crippen LogP contribution in [0.3, 0.4) is 0 Å². The predicted octanol–water partition coefficient (Wildman–Crippen LogP) is 1.73. The number of aromatic nitrogens is 6. The van der Waals surface area contributed by atoms with Crippen molar-refractivity contribution in [1.82, 2.24) is 34.6 Å². The molecule has 136 valence electrons. The largest absolute Gasteiger partial charge is 0.339 e. The first-order valence-corrected chi connectivity index (χ1v) is 8.89. The van der Waals surface area contributed by atoms with Gasteiger partial charge in [-0.3, -0.25) is 4.79 Å². The van der Waals surface area contributed by atoms with Gasteiger partial charge >= 0.3 is 0 Å². The minimum atomic E-state index is -0.192. The Hall–Kier alpha value is -2.84. The molecule has 3 aromatic rings. The van der Waals surface area contributed by atoms with Crippen molar-refractivity contribution in [2.24, 2.45) is 5.92 Å². The van der Waals surface area contributed by atoms with E-state index in [2.05, 4.69) is 39.1 Å². The van der Waals surface area contributed by atoms with Crippen LogP contribution in [0.15, 0.2) is 23.0 Å². The highest BCUT2D eigenvalue weighted by atomic mass is 16.5. The zero-order valence-electron chi connectivity index (χ0n) is 14.9. The third-order valence-electron chi connectivity index (χ3n) is 4.44. The van der Waals surface area contributed by atoms with Gasteiger partial charge in [0.25, 0.3) is 11.7 Å². The highest BCUT2D eigenvalue weighted by molar-refractivity contribution is 5.91. The molecule has 1 saturated heterocycles. The lowest BCUT2D eigenvalue weighted by molar-refractivity contribution is 0.0683. The number of fused-ring (bicyclic) bond motifs is 1. The van der Waals surface area contributed by atoms with Crippen LogP contribution in [0.1, 0.15) is 54.9 Å². The third kappa shape index (κ3) is 3.29. The SMILES string of the molecule is CC(C)Cc1noc(C2CCCN(C(=O)c3nc4ncccn4n3)C2)n1. The molecule has 9 nitrogen and oxygen atoms in total. The molecular weight excluding hydrogens is 334 g/mol. The quantitative estimate of drug-likeness (QED) is 0.702. The second-order valence-electron chi connectivity index (χ2n) is 7.04. The van der Waals surface area contributed by atoms with E-state index in [1.165, 1.54) is 4.52 Å². The smallest absolute Gasteiger partial charge is 0.293 e. The molecule has 0 spiro atoms. The summed E-state index contributed by atoms with van der Waals surface area (Å²) in [6, 6.07) is 1.75. The molecule has 0 saturated carbocycles. The van der Waals surface area contributed by atoms with Gasteiger partial charge in [-0.05, 0) is 24.8 Å². The number of hydrogen-bond donors (Lipinski definition) is 0. The summed E-state index contributed by atoms with van der Waals surface area (Å²) in [6.45, 7) is 5.44. The van der Waals surface area contributed by atoms with Gasteiger partial charge in [0.2, 0.25) is 11.7 Å². The Labute approximate surface area is 150 Å². The van der Waals surface area contributed by atoms with Gasteiger partial charge in [-0.1, -0.05) is 19.0 Å². The summed E-state index contributed by atoms with van der Waals surface area (Å²) in [6.07, 6.45) is 5.94. The summed E-state index contributed by atoms with van der Waals surface area (Å²) in [7, 11) is 0. The van der Waals surface area contributed by atoms with Crippen molar-refractivity contribution in [2.45, 2.75) is 39.0 Å². The van der Waals surface area contributed by atoms with Crippen molar-refractivity contribution >= 4 is 11.7 Å². The van der Waals surface area contributed by atoms with Crippen molar-refractivity contribution < 1.29 is 9.32 Å². The van der Waals surface area contributed by atoms with E-state index in [9.17, 15) is 4.79 Å². The van der Waals surface area contributed by atoms with Crippen LogP contribution in [0.2, 0.25) is 0 Å². The van der Waals surface area contributed by atoms with Crippen molar-refractivity contribution in [3.8, 4) is 0 Å². The first kappa shape index (κ1) is 16.6. The van der Waals surface area contributed by atoms with Crippen molar-refractivity contribution in [2.75, 3.05) is 13.1 Å². The molecule has 4 rings (SSSR count). The number of carbonyl (C=O) groups is 1. The number of carbonyl (C=O) groups excluding carboxylic acids is 1. The number of likely N-dealkylation sites (tertiary alicyclic amines) is 1. The maximum Gasteiger partial charge on any atom is 0.293 e. The van der Waals surface area contributed by atoms with Gasteiger partial charge in [-0.25, -0.2) is 9.50 Å². The summed E-state index contributed by atoms with van der Waals surface area (Å²) >= 11 is 0. The second kappa shape index (κ2) is 6.81. The van der Waals surface area contributed by atoms with E-state index in [1.54, 1.807) is 23.4 Å². The van der Waals surface area contributed by atoms with Gasteiger partial charge in [0.05, 0.1) is 5.92 Å². The minimum absolute atomic E-state index is 0.0521. The standard InChI is InChI=1S/C17H21N7O2/c1-11(2)9-13-19-15(26-22-13)12-5-3-7-23(10-12)16(25)14-20-17-18-6-4-8-24(17)21-14/h4,6,8,11-12H,3,5,7,9-10H2,1-2H3. The van der Waals surface area contributed by atoms with Crippen LogP contribution in [0.5, 0.6) is 0 Å². The number of piperidine rings is 1. The van der Waals surface area contributed by atoms with Crippen LogP contribution in [0.25, 0.3) is 5.78 Å². The Morgan fingerprint density at radius 2 is 2.27 bits per heavy atom. The third-order valence-corrected chi connectivity index (χ3v) is 4.44. The second-order valence-corrected chi connectivity index (χ2v) is 7.04. The van der Waals surface area contributed by atoms with Crippen LogP contribution >= 0.6 is 0 Å². The summed E-state index contributed by atoms with van der Waals surface area (Å²) in [5.74, 6) is 2.25. The van der Waals surface area contributed by atoms with Crippen molar-refractivity contribution in [3.05, 3.63) is 36.0 Å². The Morgan fingerprint density at radius 3 is 3.08 bits per heavy atom. The van der Waals surface area contributed by atoms with Crippen LogP contribution in [-0.4, -0.2) is 53.6 Å². The fraction of sp³-hybridized carbons (Fsp3) is 0.529. The normalized spacial score (nSPS) is 18.0. The lowest BCUT2D eigenvalue weighted by atomic mass is 9.98. The maximum atomic E-state index is 12.8. The van der Waals surface area contributed by atoms with E-state index in [0.717, 1.165) is 25.1 Å². The van der Waals surface area contributed by atoms with E-state index in [1.807, 2.05) is 0 Å². The molecule has 1 atom stereocenters. The molecule has 1 amide bonds. The molecule has 1 aliphatic rings. The van der Waals surface area contributed by atoms with Crippen LogP contribution in [-0.2, 0) is 6.42 Å². The van der Waals surface area contributed by atoms with E-state index in [-0.39, 0.29) is 17.6 Å². The minimum Gasteiger partial charge on any atom is -0.339 e. The Balaban J connectivity index is 1.49. The van der Waals surface area contributed by atoms with E-state index >= 15 is 0 Å². The van der Waals surface area contributed by atoms with Crippen molar-refractivity contribution in [1.29, 1.82) is 0 Å². The topological polar surface area (TPSA) is 102 Å². The van der Waals surface area contributed by atoms with Crippen molar-refractivity contribution in [3.63, 3.8) is 0 Å². The summed E-state index contributed by atoms with van der Waals surface area (Å²) < 4.78 is 6.95. The van der Waals surface area contributed by atoms with Crippen LogP contribution in [0, 0.1) is 5.92 Å². The van der Waals surface area contributed by atoms with Crippen LogP contribution in [0.4, 0.5) is 0 Å². The van der Waals surface area contributed by atoms with E-state index in [4.69, 9.17) is 4.52 Å². The van der Waals surface area contributed by atoms with E-state index < -0.39 is 0 Å². The van der Waals surface area contributed by atoms with Gasteiger partial charge in [0, 0.05) is 31.9 Å². The Kier molecular flexibility index (Phi) is 4.36. The Morgan fingerprint density at radius 1 is 1.38 bits per heavy atom. The summed E-state index contributed by atoms with van der Waals surface area (Å²) in [5.41, 5.74) is 0. The molecule has 4 heterocycles. The van der Waals surface area contributed by atoms with Gasteiger partial charge in [-0.15, -0.1) is 5.10 Å². The van der Waals surface area contributed by atoms with Crippen LogP contribution < -0.4 is 0 Å². The highest BCUT2D eigenvalue weighted by Crippen LogP contribution is 2.26. The molecule has 0 radical (unpaired) electrons. The molecule has 9 heteroatoms. The molecular formula is C17H21N7O2. The predicted molar refractivity (Wildman–Crippen MR) is 91.5 cm³/mol. The molecule has 0 bridgehead atoms. The molecule has 26 heavy (non-hydrogen) atoms. The number of rotatable bonds is 4. The first-order valence-electron chi connectivity index (χ1n) is 8.89. The lowest BCUT2D eigenvalue weighted by Gasteiger charge is -2.30. The molecule has 0 N–H and O–H groups in total. The molecule has 0 aliphatic carbocycles. The fourth-order valence-electron chi connectivity index (χ4n) is 3.21. The average Bonchev–Trinajstić information content (AvgIpc) is 3.27. The van der Waals surface area contributed by atoms with Gasteiger partial charge in [-0.2, -0.15) is 9.97 Å². The van der Waals surface area contributed by atoms with Gasteiger partial charge < -0.3 is 9.42 Å². The zero-order valence-corrected chi connectivity index (χ0v) is 14.9. The average molecular weight is 355 g/mol. The monoisotopic (exact) mass is 355 g/mol. The lowest BCUT2D eigenvalue weighted by Crippen LogP contribution is -2.39. The number of nitrogens with zero attached hydrogens (tertiary/aromatic N) is 7. The Bertz CT molecular complexity index is 884. The molecule has 0 aromatic carbocycles. The molecule has 1 aliphatic heterocycles. The zero-order chi connectivity index (χ0) is 18.1. The van der Waals surface area contributed by atoms with Gasteiger partial charge in [0.15, 0.2) is 5.82 Å². The van der Waals surface area contributed by atoms with E-state index in [0.29, 0.717) is 30.7 Å². The molecule has 1 fully saturated rings. The fourth-order valence-corrected chi connectivity index (χ4v) is 3.21. The summed E-state index contributed by atoms with van der Waals surface area (Å²) in [4.78, 5) is 27.4.